The van der Waals surface area contributed by atoms with Crippen molar-refractivity contribution >= 4 is 21.8 Å². The van der Waals surface area contributed by atoms with Crippen LogP contribution in [0.15, 0.2) is 0 Å². The molecule has 0 aromatic carbocycles. The number of ketones is 1. The first-order valence-electron chi connectivity index (χ1n) is 4.77. The Morgan fingerprint density at radius 1 is 1.14 bits per heavy atom. The molecule has 4 heteroatoms. The number of carbonyl (C=O) groups is 2. The maximum atomic E-state index is 11.2. The first-order valence-corrected chi connectivity index (χ1v) is 7.56. The van der Waals surface area contributed by atoms with Gasteiger partial charge in [0.25, 0.3) is 0 Å². The largest absolute Gasteiger partial charge is 0.465 e. The molecule has 0 aliphatic rings. The van der Waals surface area contributed by atoms with Crippen LogP contribution in [0.2, 0.25) is 0 Å². The molecule has 0 N–H and O–H groups in total. The fraction of sp³-hybridized carbons (Fsp3) is 0.800. The maximum Gasteiger partial charge on any atom is 0.314 e. The first kappa shape index (κ1) is 13.5. The summed E-state index contributed by atoms with van der Waals surface area (Å²) in [5, 5.41) is 0. The van der Waals surface area contributed by atoms with Gasteiger partial charge >= 0.3 is 5.97 Å². The molecule has 0 fully saturated rings. The predicted octanol–water partition coefficient (Wildman–Crippen LogP) is 1.59. The maximum absolute atomic E-state index is 11.2. The van der Waals surface area contributed by atoms with Gasteiger partial charge in [0.05, 0.1) is 12.4 Å². The number of esters is 1. The lowest BCUT2D eigenvalue weighted by molar-refractivity contribution is -0.139. The highest BCUT2D eigenvalue weighted by Gasteiger charge is 2.20. The molecule has 0 saturated carbocycles. The van der Waals surface area contributed by atoms with E-state index in [1.807, 2.05) is 19.4 Å². The third-order valence-corrected chi connectivity index (χ3v) is 3.88. The van der Waals surface area contributed by atoms with Crippen LogP contribution >= 0.6 is 10.0 Å². The molecule has 14 heavy (non-hydrogen) atoms. The van der Waals surface area contributed by atoms with Crippen molar-refractivity contribution in [2.45, 2.75) is 20.3 Å². The molecule has 0 rings (SSSR count). The number of hydrogen-bond acceptors (Lipinski definition) is 3. The molecule has 0 amide bonds. The van der Waals surface area contributed by atoms with Crippen molar-refractivity contribution in [2.75, 3.05) is 30.6 Å². The lowest BCUT2D eigenvalue weighted by Gasteiger charge is -2.28. The molecule has 3 nitrogen and oxygen atoms in total. The van der Waals surface area contributed by atoms with Crippen molar-refractivity contribution in [3.63, 3.8) is 0 Å². The molecule has 0 unspecified atom stereocenters. The zero-order valence-corrected chi connectivity index (χ0v) is 10.3. The van der Waals surface area contributed by atoms with Crippen LogP contribution in [-0.2, 0) is 14.3 Å². The summed E-state index contributed by atoms with van der Waals surface area (Å²) in [7, 11) is -1.14. The van der Waals surface area contributed by atoms with Gasteiger partial charge in [-0.15, -0.1) is 0 Å². The number of carbonyl (C=O) groups excluding carboxylic acids is 2. The van der Waals surface area contributed by atoms with Gasteiger partial charge in [-0.25, -0.2) is 10.0 Å². The summed E-state index contributed by atoms with van der Waals surface area (Å²) in [5.41, 5.74) is 0. The number of ether oxygens (including phenoxy) is 1. The van der Waals surface area contributed by atoms with Gasteiger partial charge in [0, 0.05) is 12.2 Å². The highest BCUT2D eigenvalue weighted by Crippen LogP contribution is 2.39. The molecular formula is C10H20O3S. The Bertz CT molecular complexity index is 211. The van der Waals surface area contributed by atoms with E-state index in [2.05, 4.69) is 0 Å². The predicted molar refractivity (Wildman–Crippen MR) is 61.1 cm³/mol. The van der Waals surface area contributed by atoms with E-state index in [9.17, 15) is 9.59 Å². The summed E-state index contributed by atoms with van der Waals surface area (Å²) in [5.74, 6) is 0.972. The summed E-state index contributed by atoms with van der Waals surface area (Å²) in [4.78, 5) is 22.5. The molecule has 0 aliphatic heterocycles. The lowest BCUT2D eigenvalue weighted by atomic mass is 10.4. The van der Waals surface area contributed by atoms with E-state index in [0.29, 0.717) is 24.5 Å². The molecule has 0 heterocycles. The van der Waals surface area contributed by atoms with E-state index in [-0.39, 0.29) is 11.8 Å². The van der Waals surface area contributed by atoms with Gasteiger partial charge in [0.15, 0.2) is 0 Å². The first-order chi connectivity index (χ1) is 6.41. The Hall–Kier alpha value is -0.510. The SMILES string of the molecule is CCOC(=O)CS(C)(C)CC(=O)CC. The standard InChI is InChI=1S/C10H20O3S/c1-5-9(11)7-14(3,4)8-10(12)13-6-2/h5-8H2,1-4H3. The van der Waals surface area contributed by atoms with Crippen molar-refractivity contribution in [3.05, 3.63) is 0 Å². The van der Waals surface area contributed by atoms with Gasteiger partial charge in [0.2, 0.25) is 0 Å². The van der Waals surface area contributed by atoms with Crippen molar-refractivity contribution in [3.8, 4) is 0 Å². The second-order valence-electron chi connectivity index (χ2n) is 3.75. The minimum absolute atomic E-state index is 0.184. The summed E-state index contributed by atoms with van der Waals surface area (Å²) < 4.78 is 4.86. The third-order valence-electron chi connectivity index (χ3n) is 1.76. The molecule has 84 valence electrons. The highest BCUT2D eigenvalue weighted by atomic mass is 32.3. The topological polar surface area (TPSA) is 43.4 Å². The minimum Gasteiger partial charge on any atom is -0.465 e. The lowest BCUT2D eigenvalue weighted by Crippen LogP contribution is -2.20. The second-order valence-corrected chi connectivity index (χ2v) is 7.86. The Kier molecular flexibility index (Phi) is 5.84. The van der Waals surface area contributed by atoms with Crippen molar-refractivity contribution < 1.29 is 14.3 Å². The van der Waals surface area contributed by atoms with Crippen LogP contribution in [0, 0.1) is 0 Å². The summed E-state index contributed by atoms with van der Waals surface area (Å²) in [6.45, 7) is 4.05. The Morgan fingerprint density at radius 2 is 1.71 bits per heavy atom. The van der Waals surface area contributed by atoms with E-state index in [0.717, 1.165) is 0 Å². The van der Waals surface area contributed by atoms with E-state index in [1.165, 1.54) is 0 Å². The van der Waals surface area contributed by atoms with E-state index in [1.54, 1.807) is 6.92 Å². The molecule has 0 aliphatic carbocycles. The smallest absolute Gasteiger partial charge is 0.314 e. The molecular weight excluding hydrogens is 200 g/mol. The Balaban J connectivity index is 4.05. The summed E-state index contributed by atoms with van der Waals surface area (Å²) in [6.07, 6.45) is 4.55. The molecule has 0 bridgehead atoms. The Morgan fingerprint density at radius 3 is 2.14 bits per heavy atom. The van der Waals surface area contributed by atoms with Crippen molar-refractivity contribution in [2.24, 2.45) is 0 Å². The zero-order valence-electron chi connectivity index (χ0n) is 9.46. The number of hydrogen-bond donors (Lipinski definition) is 0. The molecule has 0 aromatic heterocycles. The van der Waals surface area contributed by atoms with Gasteiger partial charge in [-0.2, -0.15) is 0 Å². The third kappa shape index (κ3) is 6.02. The van der Waals surface area contributed by atoms with E-state index in [4.69, 9.17) is 4.74 Å². The van der Waals surface area contributed by atoms with Gasteiger partial charge in [-0.1, -0.05) is 6.92 Å². The van der Waals surface area contributed by atoms with Crippen LogP contribution in [0.25, 0.3) is 0 Å². The molecule has 0 radical (unpaired) electrons. The monoisotopic (exact) mass is 220 g/mol. The van der Waals surface area contributed by atoms with Crippen molar-refractivity contribution in [1.82, 2.24) is 0 Å². The molecule has 0 aromatic rings. The van der Waals surface area contributed by atoms with Crippen LogP contribution in [0.5, 0.6) is 0 Å². The zero-order chi connectivity index (χ0) is 11.2. The molecule has 0 spiro atoms. The average molecular weight is 220 g/mol. The van der Waals surface area contributed by atoms with E-state index < -0.39 is 10.0 Å². The van der Waals surface area contributed by atoms with Crippen LogP contribution in [0.3, 0.4) is 0 Å². The van der Waals surface area contributed by atoms with Gasteiger partial charge < -0.3 is 4.74 Å². The van der Waals surface area contributed by atoms with Crippen LogP contribution < -0.4 is 0 Å². The fourth-order valence-corrected chi connectivity index (χ4v) is 3.01. The summed E-state index contributed by atoms with van der Waals surface area (Å²) >= 11 is 0. The van der Waals surface area contributed by atoms with Crippen LogP contribution in [0.1, 0.15) is 20.3 Å². The average Bonchev–Trinajstić information content (AvgIpc) is 2.02. The van der Waals surface area contributed by atoms with E-state index >= 15 is 0 Å². The summed E-state index contributed by atoms with van der Waals surface area (Å²) in [6, 6.07) is 0. The number of Topliss-reactive ketones (excluding diaryl/α,β-unsaturated/α-hetero) is 1. The van der Waals surface area contributed by atoms with Gasteiger partial charge in [-0.3, -0.25) is 9.59 Å². The molecule has 0 saturated heterocycles. The highest BCUT2D eigenvalue weighted by molar-refractivity contribution is 8.33. The fourth-order valence-electron chi connectivity index (χ4n) is 1.11. The van der Waals surface area contributed by atoms with Crippen molar-refractivity contribution in [1.29, 1.82) is 0 Å². The molecule has 0 atom stereocenters. The minimum atomic E-state index is -1.14. The normalized spacial score (nSPS) is 12.3. The van der Waals surface area contributed by atoms with Crippen LogP contribution in [-0.4, -0.2) is 42.4 Å². The van der Waals surface area contributed by atoms with Crippen LogP contribution in [0.4, 0.5) is 0 Å². The number of rotatable bonds is 6. The van der Waals surface area contributed by atoms with Gasteiger partial charge in [-0.05, 0) is 19.4 Å². The Labute approximate surface area is 87.5 Å². The van der Waals surface area contributed by atoms with Gasteiger partial charge in [0.1, 0.15) is 5.78 Å². The second kappa shape index (κ2) is 6.06. The quantitative estimate of drug-likeness (QED) is 0.638.